The molecule has 0 saturated carbocycles. The van der Waals surface area contributed by atoms with Gasteiger partial charge in [0.25, 0.3) is 0 Å². The van der Waals surface area contributed by atoms with Crippen LogP contribution in [0.25, 0.3) is 0 Å². The SMILES string of the molecule is CCC1CC(O)(c2cc(F)ccc2F)CCO1. The fourth-order valence-corrected chi connectivity index (χ4v) is 2.29. The minimum Gasteiger partial charge on any atom is -0.385 e. The van der Waals surface area contributed by atoms with E-state index in [1.165, 1.54) is 0 Å². The quantitative estimate of drug-likeness (QED) is 0.864. The van der Waals surface area contributed by atoms with Gasteiger partial charge in [0.05, 0.1) is 18.3 Å². The highest BCUT2D eigenvalue weighted by molar-refractivity contribution is 5.26. The van der Waals surface area contributed by atoms with E-state index < -0.39 is 17.2 Å². The van der Waals surface area contributed by atoms with E-state index in [-0.39, 0.29) is 11.7 Å². The third-order valence-corrected chi connectivity index (χ3v) is 3.32. The summed E-state index contributed by atoms with van der Waals surface area (Å²) in [5.74, 6) is -1.10. The summed E-state index contributed by atoms with van der Waals surface area (Å²) >= 11 is 0. The third-order valence-electron chi connectivity index (χ3n) is 3.32. The van der Waals surface area contributed by atoms with Crippen molar-refractivity contribution < 1.29 is 18.6 Å². The van der Waals surface area contributed by atoms with Crippen molar-refractivity contribution in [2.75, 3.05) is 6.61 Å². The molecular weight excluding hydrogens is 226 g/mol. The van der Waals surface area contributed by atoms with Gasteiger partial charge in [0.15, 0.2) is 0 Å². The van der Waals surface area contributed by atoms with Gasteiger partial charge in [-0.3, -0.25) is 0 Å². The largest absolute Gasteiger partial charge is 0.385 e. The summed E-state index contributed by atoms with van der Waals surface area (Å²) in [4.78, 5) is 0. The van der Waals surface area contributed by atoms with E-state index in [1.807, 2.05) is 6.92 Å². The summed E-state index contributed by atoms with van der Waals surface area (Å²) in [6, 6.07) is 3.19. The maximum Gasteiger partial charge on any atom is 0.129 e. The van der Waals surface area contributed by atoms with E-state index >= 15 is 0 Å². The molecule has 1 aliphatic heterocycles. The predicted molar refractivity (Wildman–Crippen MR) is 59.5 cm³/mol. The van der Waals surface area contributed by atoms with Gasteiger partial charge in [0.1, 0.15) is 11.6 Å². The first-order valence-electron chi connectivity index (χ1n) is 5.84. The Hall–Kier alpha value is -1.00. The van der Waals surface area contributed by atoms with Crippen molar-refractivity contribution >= 4 is 0 Å². The minimum absolute atomic E-state index is 0.0410. The highest BCUT2D eigenvalue weighted by Crippen LogP contribution is 2.37. The Balaban J connectivity index is 2.33. The molecule has 94 valence electrons. The highest BCUT2D eigenvalue weighted by Gasteiger charge is 2.38. The molecule has 4 heteroatoms. The molecule has 1 saturated heterocycles. The average Bonchev–Trinajstić information content (AvgIpc) is 2.32. The second-order valence-electron chi connectivity index (χ2n) is 4.51. The second-order valence-corrected chi connectivity index (χ2v) is 4.51. The lowest BCUT2D eigenvalue weighted by atomic mass is 9.83. The van der Waals surface area contributed by atoms with Crippen molar-refractivity contribution in [2.45, 2.75) is 37.9 Å². The first-order valence-corrected chi connectivity index (χ1v) is 5.84. The molecule has 0 radical (unpaired) electrons. The maximum absolute atomic E-state index is 13.7. The molecule has 2 nitrogen and oxygen atoms in total. The van der Waals surface area contributed by atoms with Crippen LogP contribution in [0.15, 0.2) is 18.2 Å². The van der Waals surface area contributed by atoms with Gasteiger partial charge in [-0.05, 0) is 24.6 Å². The van der Waals surface area contributed by atoms with Crippen LogP contribution < -0.4 is 0 Å². The Bertz CT molecular complexity index is 408. The molecule has 0 spiro atoms. The Morgan fingerprint density at radius 2 is 2.24 bits per heavy atom. The molecule has 0 amide bonds. The Labute approximate surface area is 99.2 Å². The molecule has 2 rings (SSSR count). The number of aliphatic hydroxyl groups is 1. The zero-order chi connectivity index (χ0) is 12.5. The van der Waals surface area contributed by atoms with Gasteiger partial charge in [-0.15, -0.1) is 0 Å². The lowest BCUT2D eigenvalue weighted by molar-refractivity contribution is -0.110. The Morgan fingerprint density at radius 3 is 2.94 bits per heavy atom. The van der Waals surface area contributed by atoms with Crippen molar-refractivity contribution in [3.63, 3.8) is 0 Å². The van der Waals surface area contributed by atoms with Gasteiger partial charge in [0.2, 0.25) is 0 Å². The maximum atomic E-state index is 13.7. The predicted octanol–water partition coefficient (Wildman–Crippen LogP) is 2.74. The average molecular weight is 242 g/mol. The van der Waals surface area contributed by atoms with E-state index in [4.69, 9.17) is 4.74 Å². The van der Waals surface area contributed by atoms with Crippen LogP contribution in [-0.4, -0.2) is 17.8 Å². The molecule has 0 aromatic heterocycles. The van der Waals surface area contributed by atoms with Crippen LogP contribution in [0.2, 0.25) is 0 Å². The van der Waals surface area contributed by atoms with E-state index in [2.05, 4.69) is 0 Å². The zero-order valence-electron chi connectivity index (χ0n) is 9.75. The molecule has 1 aromatic carbocycles. The third kappa shape index (κ3) is 2.48. The van der Waals surface area contributed by atoms with Gasteiger partial charge in [-0.2, -0.15) is 0 Å². The molecule has 2 unspecified atom stereocenters. The summed E-state index contributed by atoms with van der Waals surface area (Å²) in [5, 5.41) is 10.5. The van der Waals surface area contributed by atoms with Crippen LogP contribution in [0.4, 0.5) is 8.78 Å². The lowest BCUT2D eigenvalue weighted by Crippen LogP contribution is -2.39. The standard InChI is InChI=1S/C13H16F2O2/c1-2-10-8-13(16,5-6-17-10)11-7-9(14)3-4-12(11)15/h3-4,7,10,16H,2,5-6,8H2,1H3. The van der Waals surface area contributed by atoms with E-state index in [1.54, 1.807) is 0 Å². The van der Waals surface area contributed by atoms with Crippen molar-refractivity contribution in [3.05, 3.63) is 35.4 Å². The molecular formula is C13H16F2O2. The molecule has 1 fully saturated rings. The molecule has 1 aliphatic rings. The van der Waals surface area contributed by atoms with Crippen molar-refractivity contribution in [3.8, 4) is 0 Å². The fraction of sp³-hybridized carbons (Fsp3) is 0.538. The van der Waals surface area contributed by atoms with Crippen LogP contribution >= 0.6 is 0 Å². The molecule has 2 atom stereocenters. The molecule has 0 aliphatic carbocycles. The van der Waals surface area contributed by atoms with Gasteiger partial charge in [-0.1, -0.05) is 6.92 Å². The monoisotopic (exact) mass is 242 g/mol. The number of hydrogen-bond donors (Lipinski definition) is 1. The van der Waals surface area contributed by atoms with Crippen LogP contribution in [0.1, 0.15) is 31.7 Å². The zero-order valence-corrected chi connectivity index (χ0v) is 9.75. The van der Waals surface area contributed by atoms with Crippen molar-refractivity contribution in [1.29, 1.82) is 0 Å². The molecule has 1 N–H and O–H groups in total. The first kappa shape index (κ1) is 12.5. The van der Waals surface area contributed by atoms with Crippen LogP contribution in [-0.2, 0) is 10.3 Å². The van der Waals surface area contributed by atoms with Gasteiger partial charge >= 0.3 is 0 Å². The van der Waals surface area contributed by atoms with E-state index in [0.29, 0.717) is 19.4 Å². The summed E-state index contributed by atoms with van der Waals surface area (Å²) < 4.78 is 32.2. The van der Waals surface area contributed by atoms with Crippen molar-refractivity contribution in [2.24, 2.45) is 0 Å². The second kappa shape index (κ2) is 4.70. The van der Waals surface area contributed by atoms with Crippen LogP contribution in [0.3, 0.4) is 0 Å². The molecule has 0 bridgehead atoms. The smallest absolute Gasteiger partial charge is 0.129 e. The van der Waals surface area contributed by atoms with Gasteiger partial charge in [-0.25, -0.2) is 8.78 Å². The topological polar surface area (TPSA) is 29.5 Å². The normalized spacial score (nSPS) is 29.3. The van der Waals surface area contributed by atoms with E-state index in [0.717, 1.165) is 24.6 Å². The number of hydrogen-bond acceptors (Lipinski definition) is 2. The van der Waals surface area contributed by atoms with Crippen LogP contribution in [0, 0.1) is 11.6 Å². The van der Waals surface area contributed by atoms with Gasteiger partial charge in [0, 0.05) is 18.4 Å². The van der Waals surface area contributed by atoms with Gasteiger partial charge < -0.3 is 9.84 Å². The Kier molecular flexibility index (Phi) is 3.45. The molecule has 1 aromatic rings. The Morgan fingerprint density at radius 1 is 1.47 bits per heavy atom. The number of halogens is 2. The molecule has 17 heavy (non-hydrogen) atoms. The molecule has 1 heterocycles. The minimum atomic E-state index is -1.31. The summed E-state index contributed by atoms with van der Waals surface area (Å²) in [5.41, 5.74) is -1.27. The van der Waals surface area contributed by atoms with Crippen molar-refractivity contribution in [1.82, 2.24) is 0 Å². The summed E-state index contributed by atoms with van der Waals surface area (Å²) in [6.07, 6.45) is 1.25. The lowest BCUT2D eigenvalue weighted by Gasteiger charge is -2.37. The fourth-order valence-electron chi connectivity index (χ4n) is 2.29. The number of rotatable bonds is 2. The first-order chi connectivity index (χ1) is 8.05. The van der Waals surface area contributed by atoms with Crippen LogP contribution in [0.5, 0.6) is 0 Å². The summed E-state index contributed by atoms with van der Waals surface area (Å²) in [7, 11) is 0. The highest BCUT2D eigenvalue weighted by atomic mass is 19.1. The summed E-state index contributed by atoms with van der Waals surface area (Å²) in [6.45, 7) is 2.31. The number of ether oxygens (including phenoxy) is 1. The number of benzene rings is 1. The van der Waals surface area contributed by atoms with E-state index in [9.17, 15) is 13.9 Å².